The molecule has 0 aliphatic rings. The zero-order valence-electron chi connectivity index (χ0n) is 7.53. The maximum absolute atomic E-state index is 5.52. The maximum Gasteiger partial charge on any atom is 0.148 e. The first-order chi connectivity index (χ1) is 5.70. The molecule has 0 atom stereocenters. The predicted octanol–water partition coefficient (Wildman–Crippen LogP) is 2.60. The number of hydrogen-bond acceptors (Lipinski definition) is 4. The van der Waals surface area contributed by atoms with Crippen LogP contribution in [0.3, 0.4) is 0 Å². The monoisotopic (exact) mass is 203 g/mol. The van der Waals surface area contributed by atoms with Gasteiger partial charge >= 0.3 is 0 Å². The van der Waals surface area contributed by atoms with Gasteiger partial charge in [0.1, 0.15) is 11.7 Å². The van der Waals surface area contributed by atoms with Crippen molar-refractivity contribution in [2.24, 2.45) is 0 Å². The standard InChI is InChI=1S/C8H13NOS2/c1-7-8(4-5-11-7)10-6-12-9(2)3/h4-5H,6H2,1-3H3. The van der Waals surface area contributed by atoms with Crippen LogP contribution in [0.15, 0.2) is 11.4 Å². The summed E-state index contributed by atoms with van der Waals surface area (Å²) >= 11 is 3.37. The molecule has 0 fully saturated rings. The molecule has 1 aromatic rings. The third-order valence-electron chi connectivity index (χ3n) is 1.34. The highest BCUT2D eigenvalue weighted by molar-refractivity contribution is 7.96. The second kappa shape index (κ2) is 4.74. The third-order valence-corrected chi connectivity index (χ3v) is 2.90. The van der Waals surface area contributed by atoms with Crippen molar-refractivity contribution >= 4 is 23.3 Å². The van der Waals surface area contributed by atoms with E-state index in [0.717, 1.165) is 5.75 Å². The normalized spacial score (nSPS) is 10.7. The van der Waals surface area contributed by atoms with E-state index in [1.54, 1.807) is 23.3 Å². The minimum atomic E-state index is 0.685. The van der Waals surface area contributed by atoms with Gasteiger partial charge in [0.25, 0.3) is 0 Å². The Morgan fingerprint density at radius 3 is 2.83 bits per heavy atom. The summed E-state index contributed by atoms with van der Waals surface area (Å²) in [6.45, 7) is 2.07. The van der Waals surface area contributed by atoms with Gasteiger partial charge in [-0.05, 0) is 44.4 Å². The van der Waals surface area contributed by atoms with Gasteiger partial charge in [0.15, 0.2) is 0 Å². The van der Waals surface area contributed by atoms with Gasteiger partial charge in [-0.15, -0.1) is 11.3 Å². The minimum Gasteiger partial charge on any atom is -0.481 e. The summed E-state index contributed by atoms with van der Waals surface area (Å²) in [5, 5.41) is 2.05. The summed E-state index contributed by atoms with van der Waals surface area (Å²) in [5.74, 6) is 1.69. The molecule has 1 aromatic heterocycles. The van der Waals surface area contributed by atoms with Crippen LogP contribution >= 0.6 is 23.3 Å². The van der Waals surface area contributed by atoms with Crippen LogP contribution in [-0.4, -0.2) is 24.3 Å². The number of hydrogen-bond donors (Lipinski definition) is 0. The van der Waals surface area contributed by atoms with E-state index in [2.05, 4.69) is 6.92 Å². The third kappa shape index (κ3) is 3.05. The van der Waals surface area contributed by atoms with Crippen LogP contribution in [0.5, 0.6) is 5.75 Å². The number of rotatable bonds is 4. The number of nitrogens with zero attached hydrogens (tertiary/aromatic N) is 1. The molecule has 1 rings (SSSR count). The Balaban J connectivity index is 2.29. The molecule has 0 amide bonds. The van der Waals surface area contributed by atoms with Crippen molar-refractivity contribution < 1.29 is 4.74 Å². The topological polar surface area (TPSA) is 12.5 Å². The van der Waals surface area contributed by atoms with Crippen molar-refractivity contribution in [1.82, 2.24) is 4.31 Å². The molecule has 0 spiro atoms. The van der Waals surface area contributed by atoms with Crippen LogP contribution in [0.1, 0.15) is 4.88 Å². The van der Waals surface area contributed by atoms with E-state index in [1.807, 2.05) is 29.8 Å². The van der Waals surface area contributed by atoms with Crippen LogP contribution in [0.2, 0.25) is 0 Å². The summed E-state index contributed by atoms with van der Waals surface area (Å²) in [6.07, 6.45) is 0. The van der Waals surface area contributed by atoms with Gasteiger partial charge in [0.05, 0.1) is 0 Å². The summed E-state index contributed by atoms with van der Waals surface area (Å²) < 4.78 is 7.55. The molecular weight excluding hydrogens is 190 g/mol. The van der Waals surface area contributed by atoms with E-state index in [1.165, 1.54) is 4.88 Å². The molecule has 0 bridgehead atoms. The van der Waals surface area contributed by atoms with Crippen molar-refractivity contribution in [2.45, 2.75) is 6.92 Å². The molecule has 2 nitrogen and oxygen atoms in total. The zero-order valence-corrected chi connectivity index (χ0v) is 9.17. The highest BCUT2D eigenvalue weighted by atomic mass is 32.2. The van der Waals surface area contributed by atoms with E-state index in [9.17, 15) is 0 Å². The quantitative estimate of drug-likeness (QED) is 0.551. The van der Waals surface area contributed by atoms with Gasteiger partial charge in [-0.25, -0.2) is 0 Å². The van der Waals surface area contributed by atoms with Crippen molar-refractivity contribution in [3.8, 4) is 5.75 Å². The Labute approximate surface area is 81.7 Å². The molecule has 0 saturated carbocycles. The Hall–Kier alpha value is -0.190. The molecule has 0 radical (unpaired) electrons. The number of ether oxygens (including phenoxy) is 1. The summed E-state index contributed by atoms with van der Waals surface area (Å²) in [4.78, 5) is 1.24. The van der Waals surface area contributed by atoms with Gasteiger partial charge in [0.2, 0.25) is 0 Å². The number of aryl methyl sites for hydroxylation is 1. The van der Waals surface area contributed by atoms with E-state index < -0.39 is 0 Å². The molecule has 68 valence electrons. The molecule has 0 unspecified atom stereocenters. The Kier molecular flexibility index (Phi) is 3.91. The number of thiophene rings is 1. The van der Waals surface area contributed by atoms with Crippen LogP contribution in [-0.2, 0) is 0 Å². The highest BCUT2D eigenvalue weighted by Gasteiger charge is 1.99. The van der Waals surface area contributed by atoms with Crippen LogP contribution in [0.25, 0.3) is 0 Å². The first kappa shape index (κ1) is 9.89. The second-order valence-electron chi connectivity index (χ2n) is 2.54. The van der Waals surface area contributed by atoms with Crippen LogP contribution < -0.4 is 4.74 Å². The summed E-state index contributed by atoms with van der Waals surface area (Å²) in [5.41, 5.74) is 0. The summed E-state index contributed by atoms with van der Waals surface area (Å²) in [7, 11) is 4.02. The smallest absolute Gasteiger partial charge is 0.148 e. The lowest BCUT2D eigenvalue weighted by atomic mass is 10.5. The van der Waals surface area contributed by atoms with Crippen LogP contribution in [0, 0.1) is 6.92 Å². The van der Waals surface area contributed by atoms with Crippen molar-refractivity contribution in [2.75, 3.05) is 20.0 Å². The first-order valence-electron chi connectivity index (χ1n) is 3.67. The van der Waals surface area contributed by atoms with Gasteiger partial charge in [-0.2, -0.15) is 0 Å². The largest absolute Gasteiger partial charge is 0.481 e. The highest BCUT2D eigenvalue weighted by Crippen LogP contribution is 2.24. The fourth-order valence-electron chi connectivity index (χ4n) is 0.718. The lowest BCUT2D eigenvalue weighted by molar-refractivity contribution is 0.388. The van der Waals surface area contributed by atoms with Gasteiger partial charge in [-0.1, -0.05) is 0 Å². The average Bonchev–Trinajstić information content (AvgIpc) is 2.36. The zero-order chi connectivity index (χ0) is 8.97. The Morgan fingerprint density at radius 2 is 2.33 bits per heavy atom. The van der Waals surface area contributed by atoms with E-state index >= 15 is 0 Å². The molecular formula is C8H13NOS2. The molecule has 0 saturated heterocycles. The summed E-state index contributed by atoms with van der Waals surface area (Å²) in [6, 6.07) is 2.01. The molecule has 12 heavy (non-hydrogen) atoms. The van der Waals surface area contributed by atoms with E-state index in [0.29, 0.717) is 5.94 Å². The van der Waals surface area contributed by atoms with E-state index in [4.69, 9.17) is 4.74 Å². The second-order valence-corrected chi connectivity index (χ2v) is 4.89. The Morgan fingerprint density at radius 1 is 1.58 bits per heavy atom. The molecule has 0 N–H and O–H groups in total. The molecule has 0 aliphatic heterocycles. The molecule has 1 heterocycles. The fourth-order valence-corrected chi connectivity index (χ4v) is 1.75. The van der Waals surface area contributed by atoms with Crippen molar-refractivity contribution in [3.05, 3.63) is 16.3 Å². The molecule has 0 aromatic carbocycles. The van der Waals surface area contributed by atoms with Crippen molar-refractivity contribution in [1.29, 1.82) is 0 Å². The Bertz CT molecular complexity index is 235. The molecule has 4 heteroatoms. The lowest BCUT2D eigenvalue weighted by Crippen LogP contribution is -2.04. The SMILES string of the molecule is Cc1sccc1OCSN(C)C. The predicted molar refractivity (Wildman–Crippen MR) is 55.8 cm³/mol. The van der Waals surface area contributed by atoms with Gasteiger partial charge < -0.3 is 4.74 Å². The minimum absolute atomic E-state index is 0.685. The maximum atomic E-state index is 5.52. The van der Waals surface area contributed by atoms with Crippen LogP contribution in [0.4, 0.5) is 0 Å². The fraction of sp³-hybridized carbons (Fsp3) is 0.500. The average molecular weight is 203 g/mol. The first-order valence-corrected chi connectivity index (χ1v) is 5.49. The van der Waals surface area contributed by atoms with Crippen molar-refractivity contribution in [3.63, 3.8) is 0 Å². The van der Waals surface area contributed by atoms with E-state index in [-0.39, 0.29) is 0 Å². The lowest BCUT2D eigenvalue weighted by Gasteiger charge is -2.09. The van der Waals surface area contributed by atoms with Gasteiger partial charge in [0, 0.05) is 4.88 Å². The van der Waals surface area contributed by atoms with Gasteiger partial charge in [-0.3, -0.25) is 4.31 Å². The molecule has 0 aliphatic carbocycles.